The Bertz CT molecular complexity index is 905. The summed E-state index contributed by atoms with van der Waals surface area (Å²) in [6.07, 6.45) is -0.0135. The van der Waals surface area contributed by atoms with Crippen molar-refractivity contribution in [3.8, 4) is 0 Å². The Morgan fingerprint density at radius 1 is 1.31 bits per heavy atom. The molecule has 2 amide bonds. The first-order valence-electron chi connectivity index (χ1n) is 7.66. The number of benzene rings is 2. The molecule has 3 rings (SSSR count). The summed E-state index contributed by atoms with van der Waals surface area (Å²) in [5, 5.41) is 13.7. The fourth-order valence-electron chi connectivity index (χ4n) is 2.76. The van der Waals surface area contributed by atoms with E-state index in [0.717, 1.165) is 12.1 Å². The summed E-state index contributed by atoms with van der Waals surface area (Å²) in [4.78, 5) is 36.0. The van der Waals surface area contributed by atoms with Crippen LogP contribution < -0.4 is 10.2 Å². The van der Waals surface area contributed by atoms with Crippen LogP contribution in [0.1, 0.15) is 6.42 Å². The first-order chi connectivity index (χ1) is 12.4. The zero-order valence-corrected chi connectivity index (χ0v) is 14.1. The van der Waals surface area contributed by atoms with Gasteiger partial charge in [-0.15, -0.1) is 0 Å². The van der Waals surface area contributed by atoms with Gasteiger partial charge in [-0.1, -0.05) is 23.7 Å². The first-order valence-corrected chi connectivity index (χ1v) is 8.04. The lowest BCUT2D eigenvalue weighted by atomic mass is 10.1. The van der Waals surface area contributed by atoms with E-state index in [1.165, 1.54) is 11.0 Å². The maximum absolute atomic E-state index is 13.4. The second-order valence-corrected chi connectivity index (χ2v) is 6.18. The van der Waals surface area contributed by atoms with Crippen molar-refractivity contribution in [2.45, 2.75) is 6.42 Å². The molecule has 1 aliphatic heterocycles. The first kappa shape index (κ1) is 17.8. The highest BCUT2D eigenvalue weighted by Gasteiger charge is 2.36. The number of rotatable bonds is 4. The maximum atomic E-state index is 13.4. The average molecular weight is 378 g/mol. The average Bonchev–Trinajstić information content (AvgIpc) is 2.98. The van der Waals surface area contributed by atoms with E-state index in [1.807, 2.05) is 0 Å². The highest BCUT2D eigenvalue weighted by Crippen LogP contribution is 2.31. The summed E-state index contributed by atoms with van der Waals surface area (Å²) in [5.74, 6) is -2.37. The Morgan fingerprint density at radius 3 is 2.73 bits per heavy atom. The van der Waals surface area contributed by atoms with Crippen LogP contribution in [0.3, 0.4) is 0 Å². The van der Waals surface area contributed by atoms with Crippen LogP contribution in [0.4, 0.5) is 21.5 Å². The summed E-state index contributed by atoms with van der Waals surface area (Å²) >= 11 is 6.09. The molecule has 9 heteroatoms. The van der Waals surface area contributed by atoms with Crippen molar-refractivity contribution in [1.82, 2.24) is 0 Å². The van der Waals surface area contributed by atoms with Crippen LogP contribution in [-0.2, 0) is 9.59 Å². The van der Waals surface area contributed by atoms with Crippen LogP contribution >= 0.6 is 11.6 Å². The van der Waals surface area contributed by atoms with Gasteiger partial charge in [0.05, 0.1) is 21.6 Å². The summed E-state index contributed by atoms with van der Waals surface area (Å²) in [7, 11) is 0. The number of halogens is 2. The van der Waals surface area contributed by atoms with E-state index in [4.69, 9.17) is 11.6 Å². The van der Waals surface area contributed by atoms with Crippen LogP contribution in [-0.4, -0.2) is 23.3 Å². The van der Waals surface area contributed by atoms with Gasteiger partial charge in [-0.2, -0.15) is 4.39 Å². The third-order valence-electron chi connectivity index (χ3n) is 4.05. The highest BCUT2D eigenvalue weighted by molar-refractivity contribution is 6.33. The summed E-state index contributed by atoms with van der Waals surface area (Å²) < 4.78 is 13.4. The lowest BCUT2D eigenvalue weighted by molar-refractivity contribution is -0.387. The molecule has 7 nitrogen and oxygen atoms in total. The molecule has 134 valence electrons. The van der Waals surface area contributed by atoms with E-state index >= 15 is 0 Å². The Hall–Kier alpha value is -3.00. The molecule has 0 bridgehead atoms. The number of hydrogen-bond acceptors (Lipinski definition) is 4. The number of para-hydroxylation sites is 1. The van der Waals surface area contributed by atoms with Gasteiger partial charge in [0.1, 0.15) is 0 Å². The molecule has 1 aliphatic rings. The van der Waals surface area contributed by atoms with Crippen molar-refractivity contribution < 1.29 is 18.9 Å². The van der Waals surface area contributed by atoms with Crippen molar-refractivity contribution in [1.29, 1.82) is 0 Å². The Morgan fingerprint density at radius 2 is 2.04 bits per heavy atom. The molecule has 0 saturated carbocycles. The molecule has 1 atom stereocenters. The van der Waals surface area contributed by atoms with E-state index in [2.05, 4.69) is 5.32 Å². The second kappa shape index (κ2) is 7.09. The van der Waals surface area contributed by atoms with Gasteiger partial charge in [0.15, 0.2) is 0 Å². The van der Waals surface area contributed by atoms with Crippen molar-refractivity contribution in [3.05, 3.63) is 63.4 Å². The number of nitro groups is 1. The van der Waals surface area contributed by atoms with Gasteiger partial charge in [0.25, 0.3) is 0 Å². The molecule has 1 saturated heterocycles. The quantitative estimate of drug-likeness (QED) is 0.653. The third kappa shape index (κ3) is 3.50. The van der Waals surface area contributed by atoms with Crippen molar-refractivity contribution in [2.75, 3.05) is 16.8 Å². The lowest BCUT2D eigenvalue weighted by Gasteiger charge is -2.18. The molecule has 1 heterocycles. The van der Waals surface area contributed by atoms with E-state index in [1.54, 1.807) is 24.3 Å². The Kier molecular flexibility index (Phi) is 4.85. The maximum Gasteiger partial charge on any atom is 0.306 e. The van der Waals surface area contributed by atoms with Gasteiger partial charge in [-0.3, -0.25) is 19.7 Å². The van der Waals surface area contributed by atoms with E-state index in [9.17, 15) is 24.1 Å². The van der Waals surface area contributed by atoms with Crippen LogP contribution in [0.2, 0.25) is 5.02 Å². The highest BCUT2D eigenvalue weighted by atomic mass is 35.5. The molecular weight excluding hydrogens is 365 g/mol. The van der Waals surface area contributed by atoms with Crippen molar-refractivity contribution >= 4 is 40.5 Å². The zero-order chi connectivity index (χ0) is 18.8. The lowest BCUT2D eigenvalue weighted by Crippen LogP contribution is -2.28. The number of amides is 2. The van der Waals surface area contributed by atoms with Crippen LogP contribution in [0.15, 0.2) is 42.5 Å². The Labute approximate surface area is 152 Å². The van der Waals surface area contributed by atoms with Crippen LogP contribution in [0.25, 0.3) is 0 Å². The molecule has 26 heavy (non-hydrogen) atoms. The smallest absolute Gasteiger partial charge is 0.306 e. The topological polar surface area (TPSA) is 92.5 Å². The SMILES string of the molecule is O=C(Nc1ccc(F)c([N+](=O)[O-])c1)[C@H]1CC(=O)N(c2ccccc2Cl)C1. The zero-order valence-electron chi connectivity index (χ0n) is 13.3. The number of carbonyl (C=O) groups excluding carboxylic acids is 2. The summed E-state index contributed by atoms with van der Waals surface area (Å²) in [5.41, 5.74) is -0.123. The van der Waals surface area contributed by atoms with E-state index in [-0.39, 0.29) is 24.6 Å². The molecule has 0 spiro atoms. The minimum absolute atomic E-state index is 0.0135. The molecule has 0 aliphatic carbocycles. The predicted molar refractivity (Wildman–Crippen MR) is 93.6 cm³/mol. The van der Waals surface area contributed by atoms with Gasteiger partial charge < -0.3 is 10.2 Å². The molecule has 2 aromatic rings. The minimum Gasteiger partial charge on any atom is -0.326 e. The number of hydrogen-bond donors (Lipinski definition) is 1. The fourth-order valence-corrected chi connectivity index (χ4v) is 3.00. The van der Waals surface area contributed by atoms with Gasteiger partial charge >= 0.3 is 5.69 Å². The summed E-state index contributed by atoms with van der Waals surface area (Å²) in [6.45, 7) is 0.137. The van der Waals surface area contributed by atoms with Gasteiger partial charge in [0.2, 0.25) is 17.6 Å². The minimum atomic E-state index is -0.992. The van der Waals surface area contributed by atoms with Crippen molar-refractivity contribution in [2.24, 2.45) is 5.92 Å². The monoisotopic (exact) mass is 377 g/mol. The second-order valence-electron chi connectivity index (χ2n) is 5.77. The molecule has 2 aromatic carbocycles. The Balaban J connectivity index is 1.74. The molecule has 1 N–H and O–H groups in total. The van der Waals surface area contributed by atoms with Crippen molar-refractivity contribution in [3.63, 3.8) is 0 Å². The van der Waals surface area contributed by atoms with Gasteiger partial charge in [-0.25, -0.2) is 0 Å². The predicted octanol–water partition coefficient (Wildman–Crippen LogP) is 3.38. The number of nitrogens with zero attached hydrogens (tertiary/aromatic N) is 2. The van der Waals surface area contributed by atoms with Gasteiger partial charge in [-0.05, 0) is 24.3 Å². The van der Waals surface area contributed by atoms with Crippen LogP contribution in [0, 0.1) is 21.8 Å². The number of carbonyl (C=O) groups is 2. The fraction of sp³-hybridized carbons (Fsp3) is 0.176. The van der Waals surface area contributed by atoms with E-state index < -0.39 is 28.3 Å². The van der Waals surface area contributed by atoms with E-state index in [0.29, 0.717) is 10.7 Å². The number of anilines is 2. The largest absolute Gasteiger partial charge is 0.326 e. The van der Waals surface area contributed by atoms with Gasteiger partial charge in [0, 0.05) is 24.7 Å². The third-order valence-corrected chi connectivity index (χ3v) is 4.37. The molecule has 1 fully saturated rings. The summed E-state index contributed by atoms with van der Waals surface area (Å²) in [6, 6.07) is 9.87. The molecule has 0 radical (unpaired) electrons. The number of nitrogens with one attached hydrogen (secondary N) is 1. The molecule has 0 aromatic heterocycles. The molecular formula is C17H13ClFN3O4. The van der Waals surface area contributed by atoms with Crippen LogP contribution in [0.5, 0.6) is 0 Å². The molecule has 0 unspecified atom stereocenters. The number of nitro benzene ring substituents is 1. The standard InChI is InChI=1S/C17H13ClFN3O4/c18-12-3-1-2-4-14(12)21-9-10(7-16(21)23)17(24)20-11-5-6-13(19)15(8-11)22(25)26/h1-6,8,10H,7,9H2,(H,20,24)/t10-/m0/s1. The normalized spacial score (nSPS) is 16.6.